The number of nitrogens with zero attached hydrogens (tertiary/aromatic N) is 4. The fraction of sp³-hybridized carbons (Fsp3) is 0.222. The molecule has 0 bridgehead atoms. The van der Waals surface area contributed by atoms with Gasteiger partial charge in [-0.05, 0) is 18.6 Å². The number of nitrogen functional groups attached to an aromatic ring is 1. The first-order valence-corrected chi connectivity index (χ1v) is 9.19. The van der Waals surface area contributed by atoms with E-state index < -0.39 is 35.9 Å². The van der Waals surface area contributed by atoms with Gasteiger partial charge in [0, 0.05) is 6.42 Å². The third-order valence-electron chi connectivity index (χ3n) is 4.21. The molecule has 0 fully saturated rings. The minimum absolute atomic E-state index is 0.0412. The van der Waals surface area contributed by atoms with Crippen molar-refractivity contribution in [3.05, 3.63) is 46.3 Å². The van der Waals surface area contributed by atoms with Crippen LogP contribution in [-0.4, -0.2) is 59.0 Å². The molecule has 3 heterocycles. The molecule has 7 N–H and O–H groups in total. The number of carbonyl (C=O) groups excluding carboxylic acids is 1. The van der Waals surface area contributed by atoms with E-state index in [0.29, 0.717) is 11.4 Å². The number of carboxylic acids is 2. The Kier molecular flexibility index (Phi) is 6.53. The van der Waals surface area contributed by atoms with Gasteiger partial charge < -0.3 is 26.6 Å². The molecule has 1 atom stereocenters. The molecule has 32 heavy (non-hydrogen) atoms. The molecule has 0 radical (unpaired) electrons. The molecule has 0 spiro atoms. The van der Waals surface area contributed by atoms with Crippen molar-refractivity contribution in [1.82, 2.24) is 30.2 Å². The number of aromatic amines is 1. The molecule has 0 aliphatic heterocycles. The molecule has 3 rings (SSSR count). The summed E-state index contributed by atoms with van der Waals surface area (Å²) >= 11 is 0. The SMILES string of the molecule is Nc1nc2ncc(CNc3ccc(C(=O)N[C@@H](CCC(=O)O)C(=O)O)nc3)nc2c(=O)[nH]1. The van der Waals surface area contributed by atoms with Crippen LogP contribution in [0.25, 0.3) is 11.2 Å². The van der Waals surface area contributed by atoms with Crippen LogP contribution in [0, 0.1) is 0 Å². The summed E-state index contributed by atoms with van der Waals surface area (Å²) in [6, 6.07) is 1.56. The van der Waals surface area contributed by atoms with E-state index in [1.165, 1.54) is 18.5 Å². The summed E-state index contributed by atoms with van der Waals surface area (Å²) in [6.07, 6.45) is 2.12. The summed E-state index contributed by atoms with van der Waals surface area (Å²) in [5.41, 5.74) is 6.04. The molecule has 166 valence electrons. The standard InChI is InChI=1S/C18H18N8O6/c19-18-25-14-13(16(30)26-18)23-9(7-22-14)6-20-8-1-2-10(21-5-8)15(29)24-11(17(31)32)3-4-12(27)28/h1-2,5,7,11,20H,3-4,6H2,(H,24,29)(H,27,28)(H,31,32)(H3,19,22,25,26,30)/t11-/m0/s1. The molecule has 0 saturated heterocycles. The number of carbonyl (C=O) groups is 3. The van der Waals surface area contributed by atoms with Crippen molar-refractivity contribution < 1.29 is 24.6 Å². The molecule has 14 nitrogen and oxygen atoms in total. The number of hydrogen-bond donors (Lipinski definition) is 6. The Balaban J connectivity index is 1.62. The number of aromatic nitrogens is 5. The van der Waals surface area contributed by atoms with E-state index in [1.54, 1.807) is 6.07 Å². The van der Waals surface area contributed by atoms with Crippen molar-refractivity contribution in [2.24, 2.45) is 0 Å². The Morgan fingerprint density at radius 2 is 1.91 bits per heavy atom. The maximum atomic E-state index is 12.2. The number of carboxylic acid groups (broad SMARTS) is 2. The van der Waals surface area contributed by atoms with E-state index in [9.17, 15) is 19.2 Å². The van der Waals surface area contributed by atoms with Crippen LogP contribution in [0.4, 0.5) is 11.6 Å². The van der Waals surface area contributed by atoms with Gasteiger partial charge in [0.1, 0.15) is 11.7 Å². The summed E-state index contributed by atoms with van der Waals surface area (Å²) in [4.78, 5) is 64.4. The van der Waals surface area contributed by atoms with Gasteiger partial charge in [-0.15, -0.1) is 0 Å². The smallest absolute Gasteiger partial charge is 0.326 e. The number of hydrogen-bond acceptors (Lipinski definition) is 10. The second-order valence-electron chi connectivity index (χ2n) is 6.57. The predicted octanol–water partition coefficient (Wildman–Crippen LogP) is -0.650. The van der Waals surface area contributed by atoms with E-state index in [2.05, 4.69) is 35.6 Å². The normalized spacial score (nSPS) is 11.6. The van der Waals surface area contributed by atoms with Crippen LogP contribution in [0.1, 0.15) is 29.0 Å². The van der Waals surface area contributed by atoms with Crippen molar-refractivity contribution in [3.8, 4) is 0 Å². The lowest BCUT2D eigenvalue weighted by Crippen LogP contribution is -2.41. The van der Waals surface area contributed by atoms with Crippen LogP contribution < -0.4 is 21.9 Å². The number of amides is 1. The van der Waals surface area contributed by atoms with Gasteiger partial charge in [-0.25, -0.2) is 19.7 Å². The maximum absolute atomic E-state index is 12.2. The highest BCUT2D eigenvalue weighted by molar-refractivity contribution is 5.95. The number of anilines is 2. The lowest BCUT2D eigenvalue weighted by molar-refractivity contribution is -0.140. The van der Waals surface area contributed by atoms with Crippen LogP contribution in [0.2, 0.25) is 0 Å². The minimum Gasteiger partial charge on any atom is -0.481 e. The number of fused-ring (bicyclic) bond motifs is 1. The van der Waals surface area contributed by atoms with Crippen molar-refractivity contribution in [2.75, 3.05) is 11.1 Å². The highest BCUT2D eigenvalue weighted by atomic mass is 16.4. The Hall–Kier alpha value is -4.62. The Bertz CT molecular complexity index is 1230. The second-order valence-corrected chi connectivity index (χ2v) is 6.57. The highest BCUT2D eigenvalue weighted by Gasteiger charge is 2.22. The molecule has 0 saturated carbocycles. The van der Waals surface area contributed by atoms with Crippen molar-refractivity contribution >= 4 is 40.6 Å². The molecule has 1 amide bonds. The topological polar surface area (TPSA) is 226 Å². The number of pyridine rings is 1. The summed E-state index contributed by atoms with van der Waals surface area (Å²) in [5, 5.41) is 23.0. The number of aliphatic carboxylic acids is 2. The first-order chi connectivity index (χ1) is 15.2. The molecule has 0 aliphatic carbocycles. The Labute approximate surface area is 178 Å². The zero-order valence-electron chi connectivity index (χ0n) is 16.4. The third kappa shape index (κ3) is 5.50. The van der Waals surface area contributed by atoms with E-state index >= 15 is 0 Å². The molecule has 0 aliphatic rings. The van der Waals surface area contributed by atoms with Gasteiger partial charge in [-0.3, -0.25) is 19.4 Å². The number of rotatable bonds is 9. The highest BCUT2D eigenvalue weighted by Crippen LogP contribution is 2.10. The van der Waals surface area contributed by atoms with Gasteiger partial charge in [-0.2, -0.15) is 4.98 Å². The maximum Gasteiger partial charge on any atom is 0.326 e. The molecule has 0 unspecified atom stereocenters. The lowest BCUT2D eigenvalue weighted by atomic mass is 10.1. The average Bonchev–Trinajstić information content (AvgIpc) is 2.75. The van der Waals surface area contributed by atoms with Crippen LogP contribution in [0.15, 0.2) is 29.3 Å². The number of H-pyrrole nitrogens is 1. The van der Waals surface area contributed by atoms with E-state index in [4.69, 9.17) is 15.9 Å². The first-order valence-electron chi connectivity index (χ1n) is 9.19. The molecule has 3 aromatic rings. The average molecular weight is 442 g/mol. The molecule has 3 aromatic heterocycles. The third-order valence-corrected chi connectivity index (χ3v) is 4.21. The van der Waals surface area contributed by atoms with Gasteiger partial charge in [0.25, 0.3) is 11.5 Å². The first kappa shape index (κ1) is 22.1. The van der Waals surface area contributed by atoms with Gasteiger partial charge in [-0.1, -0.05) is 0 Å². The fourth-order valence-electron chi connectivity index (χ4n) is 2.64. The van der Waals surface area contributed by atoms with Crippen LogP contribution >= 0.6 is 0 Å². The van der Waals surface area contributed by atoms with Crippen LogP contribution in [0.3, 0.4) is 0 Å². The van der Waals surface area contributed by atoms with Gasteiger partial charge >= 0.3 is 11.9 Å². The Morgan fingerprint density at radius 1 is 1.12 bits per heavy atom. The monoisotopic (exact) mass is 442 g/mol. The largest absolute Gasteiger partial charge is 0.481 e. The van der Waals surface area contributed by atoms with Crippen molar-refractivity contribution in [2.45, 2.75) is 25.4 Å². The Morgan fingerprint density at radius 3 is 2.56 bits per heavy atom. The summed E-state index contributed by atoms with van der Waals surface area (Å²) in [5.74, 6) is -3.32. The molecule has 0 aromatic carbocycles. The van der Waals surface area contributed by atoms with Gasteiger partial charge in [0.05, 0.1) is 30.3 Å². The fourth-order valence-corrected chi connectivity index (χ4v) is 2.64. The number of nitrogens with one attached hydrogen (secondary N) is 3. The van der Waals surface area contributed by atoms with E-state index in [1.807, 2.05) is 0 Å². The zero-order valence-corrected chi connectivity index (χ0v) is 16.4. The van der Waals surface area contributed by atoms with Crippen molar-refractivity contribution in [3.63, 3.8) is 0 Å². The van der Waals surface area contributed by atoms with E-state index in [-0.39, 0.29) is 35.8 Å². The summed E-state index contributed by atoms with van der Waals surface area (Å²) < 4.78 is 0. The zero-order chi connectivity index (χ0) is 23.3. The molecular weight excluding hydrogens is 424 g/mol. The predicted molar refractivity (Wildman–Crippen MR) is 110 cm³/mol. The summed E-state index contributed by atoms with van der Waals surface area (Å²) in [6.45, 7) is 0.191. The van der Waals surface area contributed by atoms with Crippen LogP contribution in [-0.2, 0) is 16.1 Å². The molecule has 14 heteroatoms. The van der Waals surface area contributed by atoms with Gasteiger partial charge in [0.15, 0.2) is 11.2 Å². The number of nitrogens with two attached hydrogens (primary N) is 1. The van der Waals surface area contributed by atoms with Crippen LogP contribution in [0.5, 0.6) is 0 Å². The summed E-state index contributed by atoms with van der Waals surface area (Å²) in [7, 11) is 0. The lowest BCUT2D eigenvalue weighted by Gasteiger charge is -2.13. The van der Waals surface area contributed by atoms with E-state index in [0.717, 1.165) is 0 Å². The van der Waals surface area contributed by atoms with Crippen molar-refractivity contribution in [1.29, 1.82) is 0 Å². The second kappa shape index (κ2) is 9.46. The molecular formula is C18H18N8O6. The van der Waals surface area contributed by atoms with Gasteiger partial charge in [0.2, 0.25) is 5.95 Å². The minimum atomic E-state index is -1.35. The quantitative estimate of drug-likeness (QED) is 0.243.